The van der Waals surface area contributed by atoms with E-state index in [9.17, 15) is 4.79 Å². The van der Waals surface area contributed by atoms with Gasteiger partial charge < -0.3 is 15.0 Å². The second-order valence-corrected chi connectivity index (χ2v) is 4.84. The maximum Gasteiger partial charge on any atom is 0.326 e. The quantitative estimate of drug-likeness (QED) is 0.722. The number of fused-ring (bicyclic) bond motifs is 1. The third-order valence-electron chi connectivity index (χ3n) is 4.05. The molecule has 92 valence electrons. The number of nitrogens with zero attached hydrogens (tertiary/aromatic N) is 1. The molecule has 16 heavy (non-hydrogen) atoms. The largest absolute Gasteiger partial charge is 0.465 e. The summed E-state index contributed by atoms with van der Waals surface area (Å²) < 4.78 is 5.20. The molecule has 2 atom stereocenters. The fraction of sp³-hybridized carbons (Fsp3) is 0.917. The summed E-state index contributed by atoms with van der Waals surface area (Å²) in [5.41, 5.74) is -0.429. The second kappa shape index (κ2) is 4.72. The number of carbonyl (C=O) groups is 1. The lowest BCUT2D eigenvalue weighted by molar-refractivity contribution is -0.154. The zero-order valence-electron chi connectivity index (χ0n) is 10.3. The molecule has 0 spiro atoms. The fourth-order valence-electron chi connectivity index (χ4n) is 3.04. The zero-order chi connectivity index (χ0) is 11.6. The second-order valence-electron chi connectivity index (χ2n) is 4.84. The third-order valence-corrected chi connectivity index (χ3v) is 4.05. The van der Waals surface area contributed by atoms with Gasteiger partial charge in [0.2, 0.25) is 0 Å². The first-order valence-corrected chi connectivity index (χ1v) is 6.32. The molecule has 0 bridgehead atoms. The number of esters is 1. The van der Waals surface area contributed by atoms with Gasteiger partial charge in [0, 0.05) is 12.6 Å². The Morgan fingerprint density at radius 3 is 3.06 bits per heavy atom. The van der Waals surface area contributed by atoms with Crippen LogP contribution >= 0.6 is 0 Å². The van der Waals surface area contributed by atoms with E-state index in [0.717, 1.165) is 19.4 Å². The van der Waals surface area contributed by atoms with Crippen molar-refractivity contribution in [1.29, 1.82) is 0 Å². The smallest absolute Gasteiger partial charge is 0.326 e. The van der Waals surface area contributed by atoms with Crippen LogP contribution in [0.25, 0.3) is 0 Å². The van der Waals surface area contributed by atoms with Gasteiger partial charge in [-0.25, -0.2) is 0 Å². The number of hydrogen-bond acceptors (Lipinski definition) is 4. The highest BCUT2D eigenvalue weighted by Gasteiger charge is 2.46. The van der Waals surface area contributed by atoms with E-state index in [1.807, 2.05) is 14.0 Å². The minimum Gasteiger partial charge on any atom is -0.465 e. The highest BCUT2D eigenvalue weighted by atomic mass is 16.5. The first-order valence-electron chi connectivity index (χ1n) is 6.32. The first kappa shape index (κ1) is 11.9. The molecule has 0 saturated carbocycles. The van der Waals surface area contributed by atoms with Crippen molar-refractivity contribution in [3.63, 3.8) is 0 Å². The van der Waals surface area contributed by atoms with Crippen LogP contribution < -0.4 is 5.32 Å². The van der Waals surface area contributed by atoms with E-state index in [1.165, 1.54) is 19.4 Å². The van der Waals surface area contributed by atoms with Crippen LogP contribution in [0.4, 0.5) is 0 Å². The van der Waals surface area contributed by atoms with E-state index < -0.39 is 5.54 Å². The predicted octanol–water partition coefficient (Wildman–Crippen LogP) is 0.766. The summed E-state index contributed by atoms with van der Waals surface area (Å²) in [6, 6.07) is 0.575. The van der Waals surface area contributed by atoms with Gasteiger partial charge in [-0.15, -0.1) is 0 Å². The van der Waals surface area contributed by atoms with Crippen molar-refractivity contribution in [1.82, 2.24) is 10.2 Å². The van der Waals surface area contributed by atoms with Crippen molar-refractivity contribution >= 4 is 5.97 Å². The summed E-state index contributed by atoms with van der Waals surface area (Å²) in [5, 5.41) is 3.21. The standard InChI is InChI=1S/C12H22N2O2/c1-3-16-11(15)12(13-2)6-8-14-7-4-5-10(14)9-12/h10,13H,3-9H2,1-2H3. The number of piperidine rings is 1. The highest BCUT2D eigenvalue weighted by molar-refractivity contribution is 5.81. The molecule has 2 unspecified atom stereocenters. The topological polar surface area (TPSA) is 41.6 Å². The average molecular weight is 226 g/mol. The molecule has 2 saturated heterocycles. The monoisotopic (exact) mass is 226 g/mol. The molecule has 0 aromatic heterocycles. The minimum atomic E-state index is -0.429. The van der Waals surface area contributed by atoms with Crippen LogP contribution in [-0.4, -0.2) is 49.2 Å². The molecule has 2 rings (SSSR count). The van der Waals surface area contributed by atoms with Crippen molar-refractivity contribution in [3.8, 4) is 0 Å². The van der Waals surface area contributed by atoms with Crippen molar-refractivity contribution in [2.45, 2.75) is 44.2 Å². The van der Waals surface area contributed by atoms with E-state index in [1.54, 1.807) is 0 Å². The Kier molecular flexibility index (Phi) is 3.50. The molecular weight excluding hydrogens is 204 g/mol. The fourth-order valence-corrected chi connectivity index (χ4v) is 3.04. The summed E-state index contributed by atoms with van der Waals surface area (Å²) in [5.74, 6) is -0.0657. The molecule has 2 aliphatic heterocycles. The van der Waals surface area contributed by atoms with Crippen LogP contribution in [0.15, 0.2) is 0 Å². The molecule has 4 heteroatoms. The normalized spacial score (nSPS) is 34.8. The lowest BCUT2D eigenvalue weighted by Crippen LogP contribution is -2.59. The minimum absolute atomic E-state index is 0.0657. The third kappa shape index (κ3) is 1.96. The van der Waals surface area contributed by atoms with Crippen LogP contribution in [0.5, 0.6) is 0 Å². The maximum atomic E-state index is 12.0. The van der Waals surface area contributed by atoms with E-state index >= 15 is 0 Å². The Morgan fingerprint density at radius 1 is 1.56 bits per heavy atom. The summed E-state index contributed by atoms with van der Waals surface area (Å²) in [6.45, 7) is 4.56. The molecule has 4 nitrogen and oxygen atoms in total. The van der Waals surface area contributed by atoms with Crippen molar-refractivity contribution in [3.05, 3.63) is 0 Å². The van der Waals surface area contributed by atoms with E-state index in [-0.39, 0.29) is 5.97 Å². The van der Waals surface area contributed by atoms with Gasteiger partial charge in [0.25, 0.3) is 0 Å². The Hall–Kier alpha value is -0.610. The molecule has 2 aliphatic rings. The SMILES string of the molecule is CCOC(=O)C1(NC)CCN2CCCC2C1. The lowest BCUT2D eigenvalue weighted by atomic mass is 9.83. The van der Waals surface area contributed by atoms with Gasteiger partial charge >= 0.3 is 5.97 Å². The average Bonchev–Trinajstić information content (AvgIpc) is 2.75. The molecule has 0 amide bonds. The summed E-state index contributed by atoms with van der Waals surface area (Å²) >= 11 is 0. The van der Waals surface area contributed by atoms with E-state index in [4.69, 9.17) is 4.74 Å². The van der Waals surface area contributed by atoms with Crippen LogP contribution in [0, 0.1) is 0 Å². The molecule has 0 radical (unpaired) electrons. The molecule has 0 aromatic carbocycles. The van der Waals surface area contributed by atoms with Gasteiger partial charge in [-0.05, 0) is 46.2 Å². The van der Waals surface area contributed by atoms with Gasteiger partial charge in [0.05, 0.1) is 6.61 Å². The Labute approximate surface area is 97.3 Å². The van der Waals surface area contributed by atoms with Crippen LogP contribution in [0.2, 0.25) is 0 Å². The van der Waals surface area contributed by atoms with Gasteiger partial charge in [-0.2, -0.15) is 0 Å². The molecular formula is C12H22N2O2. The number of rotatable bonds is 3. The molecule has 0 aliphatic carbocycles. The van der Waals surface area contributed by atoms with Gasteiger partial charge in [0.15, 0.2) is 0 Å². The van der Waals surface area contributed by atoms with Crippen LogP contribution in [0.1, 0.15) is 32.6 Å². The summed E-state index contributed by atoms with van der Waals surface area (Å²) in [6.07, 6.45) is 4.28. The molecule has 1 N–H and O–H groups in total. The highest BCUT2D eigenvalue weighted by Crippen LogP contribution is 2.33. The number of nitrogens with one attached hydrogen (secondary N) is 1. The lowest BCUT2D eigenvalue weighted by Gasteiger charge is -2.42. The Bertz CT molecular complexity index is 270. The van der Waals surface area contributed by atoms with Crippen molar-refractivity contribution in [2.75, 3.05) is 26.7 Å². The zero-order valence-corrected chi connectivity index (χ0v) is 10.3. The molecule has 0 aromatic rings. The summed E-state index contributed by atoms with van der Waals surface area (Å²) in [4.78, 5) is 14.5. The Morgan fingerprint density at radius 2 is 2.38 bits per heavy atom. The van der Waals surface area contributed by atoms with E-state index in [0.29, 0.717) is 12.6 Å². The predicted molar refractivity (Wildman–Crippen MR) is 62.3 cm³/mol. The molecule has 2 heterocycles. The summed E-state index contributed by atoms with van der Waals surface area (Å²) in [7, 11) is 1.88. The first-order chi connectivity index (χ1) is 7.72. The van der Waals surface area contributed by atoms with Gasteiger partial charge in [0.1, 0.15) is 5.54 Å². The number of hydrogen-bond donors (Lipinski definition) is 1. The van der Waals surface area contributed by atoms with Crippen molar-refractivity contribution < 1.29 is 9.53 Å². The molecule has 2 fully saturated rings. The van der Waals surface area contributed by atoms with Crippen molar-refractivity contribution in [2.24, 2.45) is 0 Å². The van der Waals surface area contributed by atoms with Crippen LogP contribution in [0.3, 0.4) is 0 Å². The maximum absolute atomic E-state index is 12.0. The van der Waals surface area contributed by atoms with E-state index in [2.05, 4.69) is 10.2 Å². The van der Waals surface area contributed by atoms with Gasteiger partial charge in [-0.1, -0.05) is 0 Å². The number of ether oxygens (including phenoxy) is 1. The number of likely N-dealkylation sites (N-methyl/N-ethyl adjacent to an activating group) is 1. The number of carbonyl (C=O) groups excluding carboxylic acids is 1. The van der Waals surface area contributed by atoms with Crippen LogP contribution in [-0.2, 0) is 9.53 Å². The van der Waals surface area contributed by atoms with Gasteiger partial charge in [-0.3, -0.25) is 4.79 Å². The Balaban J connectivity index is 2.07.